The maximum absolute atomic E-state index is 12.9. The third-order valence-corrected chi connectivity index (χ3v) is 3.72. The Hall–Kier alpha value is -2.59. The fourth-order valence-electron chi connectivity index (χ4n) is 2.42. The molecule has 116 valence electrons. The lowest BCUT2D eigenvalue weighted by molar-refractivity contribution is 0.0581. The van der Waals surface area contributed by atoms with Crippen molar-refractivity contribution in [2.75, 3.05) is 0 Å². The van der Waals surface area contributed by atoms with Gasteiger partial charge in [-0.1, -0.05) is 48.5 Å². The third-order valence-electron chi connectivity index (χ3n) is 3.72. The van der Waals surface area contributed by atoms with E-state index in [0.29, 0.717) is 12.1 Å². The summed E-state index contributed by atoms with van der Waals surface area (Å²) in [5, 5.41) is 20.7. The van der Waals surface area contributed by atoms with E-state index in [1.54, 1.807) is 0 Å². The van der Waals surface area contributed by atoms with E-state index in [1.807, 2.05) is 30.3 Å². The van der Waals surface area contributed by atoms with Crippen molar-refractivity contribution < 1.29 is 9.50 Å². The molecule has 0 bridgehead atoms. The van der Waals surface area contributed by atoms with Crippen LogP contribution >= 0.6 is 0 Å². The fourth-order valence-corrected chi connectivity index (χ4v) is 2.42. The smallest absolute Gasteiger partial charge is 0.199 e. The van der Waals surface area contributed by atoms with Crippen LogP contribution in [0.1, 0.15) is 18.1 Å². The number of fused-ring (bicyclic) bond motifs is 1. The number of hydrogen-bond donors (Lipinski definition) is 1. The van der Waals surface area contributed by atoms with E-state index in [0.717, 1.165) is 10.9 Å². The van der Waals surface area contributed by atoms with Crippen LogP contribution in [0.4, 0.5) is 4.39 Å². The summed E-state index contributed by atoms with van der Waals surface area (Å²) >= 11 is 0. The highest BCUT2D eigenvalue weighted by molar-refractivity contribution is 5.82. The van der Waals surface area contributed by atoms with Crippen molar-refractivity contribution in [3.63, 3.8) is 0 Å². The molecule has 0 saturated carbocycles. The molecule has 0 aliphatic rings. The summed E-state index contributed by atoms with van der Waals surface area (Å²) in [7, 11) is 0. The van der Waals surface area contributed by atoms with Crippen molar-refractivity contribution >= 4 is 10.8 Å². The minimum absolute atomic E-state index is 0.349. The number of azo groups is 1. The van der Waals surface area contributed by atoms with Gasteiger partial charge in [0.1, 0.15) is 5.82 Å². The Morgan fingerprint density at radius 2 is 1.65 bits per heavy atom. The SMILES string of the molecule is CC(O)(N=NCc1ccc2ccccc2c1)c1ccc(F)cc1. The predicted octanol–water partition coefficient (Wildman–Crippen LogP) is 4.80. The fraction of sp³-hybridized carbons (Fsp3) is 0.158. The minimum Gasteiger partial charge on any atom is -0.364 e. The monoisotopic (exact) mass is 308 g/mol. The Morgan fingerprint density at radius 1 is 0.957 bits per heavy atom. The normalized spacial score (nSPS) is 14.2. The van der Waals surface area contributed by atoms with Gasteiger partial charge in [0.25, 0.3) is 0 Å². The van der Waals surface area contributed by atoms with E-state index in [1.165, 1.54) is 36.6 Å². The van der Waals surface area contributed by atoms with Crippen molar-refractivity contribution in [1.82, 2.24) is 0 Å². The number of aliphatic hydroxyl groups is 1. The summed E-state index contributed by atoms with van der Waals surface area (Å²) in [5.74, 6) is -0.349. The van der Waals surface area contributed by atoms with Crippen LogP contribution in [0.2, 0.25) is 0 Å². The van der Waals surface area contributed by atoms with Crippen LogP contribution in [0.15, 0.2) is 77.0 Å². The minimum atomic E-state index is -1.47. The summed E-state index contributed by atoms with van der Waals surface area (Å²) in [4.78, 5) is 0. The van der Waals surface area contributed by atoms with E-state index in [9.17, 15) is 9.50 Å². The zero-order chi connectivity index (χ0) is 16.3. The highest BCUT2D eigenvalue weighted by Crippen LogP contribution is 2.23. The summed E-state index contributed by atoms with van der Waals surface area (Å²) < 4.78 is 12.9. The second-order valence-corrected chi connectivity index (χ2v) is 5.61. The van der Waals surface area contributed by atoms with Gasteiger partial charge in [-0.2, -0.15) is 10.2 Å². The number of hydrogen-bond acceptors (Lipinski definition) is 3. The molecule has 0 aromatic heterocycles. The molecular weight excluding hydrogens is 291 g/mol. The first-order chi connectivity index (χ1) is 11.0. The average Bonchev–Trinajstić information content (AvgIpc) is 2.55. The van der Waals surface area contributed by atoms with Crippen molar-refractivity contribution in [3.05, 3.63) is 83.7 Å². The molecule has 1 N–H and O–H groups in total. The topological polar surface area (TPSA) is 45.0 Å². The van der Waals surface area contributed by atoms with Gasteiger partial charge in [0.2, 0.25) is 0 Å². The average molecular weight is 308 g/mol. The summed E-state index contributed by atoms with van der Waals surface area (Å²) in [6, 6.07) is 19.8. The van der Waals surface area contributed by atoms with Gasteiger partial charge in [0.15, 0.2) is 5.72 Å². The van der Waals surface area contributed by atoms with Crippen LogP contribution in [0.5, 0.6) is 0 Å². The summed E-state index contributed by atoms with van der Waals surface area (Å²) in [6.07, 6.45) is 0. The molecule has 3 nitrogen and oxygen atoms in total. The van der Waals surface area contributed by atoms with Gasteiger partial charge < -0.3 is 5.11 Å². The maximum Gasteiger partial charge on any atom is 0.199 e. The van der Waals surface area contributed by atoms with Crippen LogP contribution in [0, 0.1) is 5.82 Å². The quantitative estimate of drug-likeness (QED) is 0.692. The first-order valence-corrected chi connectivity index (χ1v) is 7.39. The third kappa shape index (κ3) is 3.60. The van der Waals surface area contributed by atoms with Crippen molar-refractivity contribution in [3.8, 4) is 0 Å². The van der Waals surface area contributed by atoms with Gasteiger partial charge in [0.05, 0.1) is 6.54 Å². The van der Waals surface area contributed by atoms with E-state index in [2.05, 4.69) is 22.4 Å². The van der Waals surface area contributed by atoms with E-state index < -0.39 is 5.72 Å². The van der Waals surface area contributed by atoms with E-state index >= 15 is 0 Å². The molecule has 0 aliphatic carbocycles. The Kier molecular flexibility index (Phi) is 4.17. The van der Waals surface area contributed by atoms with Gasteiger partial charge in [-0.15, -0.1) is 0 Å². The highest BCUT2D eigenvalue weighted by Gasteiger charge is 2.22. The predicted molar refractivity (Wildman–Crippen MR) is 88.5 cm³/mol. The van der Waals surface area contributed by atoms with Gasteiger partial charge in [-0.3, -0.25) is 0 Å². The van der Waals surface area contributed by atoms with Crippen LogP contribution < -0.4 is 0 Å². The van der Waals surface area contributed by atoms with Gasteiger partial charge in [-0.05, 0) is 41.5 Å². The molecule has 1 atom stereocenters. The highest BCUT2D eigenvalue weighted by atomic mass is 19.1. The Bertz CT molecular complexity index is 841. The molecule has 0 spiro atoms. The molecule has 0 heterocycles. The molecule has 0 saturated heterocycles. The van der Waals surface area contributed by atoms with Crippen LogP contribution in [0.25, 0.3) is 10.8 Å². The number of rotatable bonds is 4. The van der Waals surface area contributed by atoms with Crippen LogP contribution in [-0.4, -0.2) is 5.11 Å². The first-order valence-electron chi connectivity index (χ1n) is 7.39. The number of halogens is 1. The Morgan fingerprint density at radius 3 is 2.39 bits per heavy atom. The molecule has 0 amide bonds. The molecule has 3 aromatic rings. The molecule has 0 fully saturated rings. The molecule has 4 heteroatoms. The van der Waals surface area contributed by atoms with Gasteiger partial charge in [-0.25, -0.2) is 4.39 Å². The summed E-state index contributed by atoms with van der Waals surface area (Å²) in [6.45, 7) is 1.91. The van der Waals surface area contributed by atoms with Crippen molar-refractivity contribution in [1.29, 1.82) is 0 Å². The summed E-state index contributed by atoms with van der Waals surface area (Å²) in [5.41, 5.74) is 0.0494. The van der Waals surface area contributed by atoms with E-state index in [-0.39, 0.29) is 5.82 Å². The molecular formula is C19H17FN2O. The Balaban J connectivity index is 1.75. The molecule has 3 rings (SSSR count). The molecule has 3 aromatic carbocycles. The number of nitrogens with zero attached hydrogens (tertiary/aromatic N) is 2. The van der Waals surface area contributed by atoms with Gasteiger partial charge in [0, 0.05) is 5.56 Å². The molecule has 1 unspecified atom stereocenters. The largest absolute Gasteiger partial charge is 0.364 e. The lowest BCUT2D eigenvalue weighted by atomic mass is 10.1. The maximum atomic E-state index is 12.9. The second-order valence-electron chi connectivity index (χ2n) is 5.61. The first kappa shape index (κ1) is 15.3. The lowest BCUT2D eigenvalue weighted by Crippen LogP contribution is -2.17. The van der Waals surface area contributed by atoms with Gasteiger partial charge >= 0.3 is 0 Å². The van der Waals surface area contributed by atoms with Crippen LogP contribution in [-0.2, 0) is 12.3 Å². The standard InChI is InChI=1S/C19H17FN2O/c1-19(23,17-8-10-18(20)11-9-17)22-21-13-14-6-7-15-4-2-3-5-16(15)12-14/h2-12,23H,13H2,1H3. The van der Waals surface area contributed by atoms with Crippen LogP contribution in [0.3, 0.4) is 0 Å². The lowest BCUT2D eigenvalue weighted by Gasteiger charge is -2.17. The zero-order valence-electron chi connectivity index (χ0n) is 12.8. The van der Waals surface area contributed by atoms with E-state index in [4.69, 9.17) is 0 Å². The van der Waals surface area contributed by atoms with Crippen molar-refractivity contribution in [2.24, 2.45) is 10.2 Å². The Labute approximate surface area is 134 Å². The van der Waals surface area contributed by atoms with Crippen molar-refractivity contribution in [2.45, 2.75) is 19.2 Å². The second kappa shape index (κ2) is 6.26. The molecule has 0 aliphatic heterocycles. The molecule has 23 heavy (non-hydrogen) atoms. The zero-order valence-corrected chi connectivity index (χ0v) is 12.8. The number of benzene rings is 3. The molecule has 0 radical (unpaired) electrons.